The van der Waals surface area contributed by atoms with Gasteiger partial charge in [0.1, 0.15) is 0 Å². The highest BCUT2D eigenvalue weighted by Gasteiger charge is 2.17. The quantitative estimate of drug-likeness (QED) is 0.479. The Morgan fingerprint density at radius 1 is 1.15 bits per heavy atom. The summed E-state index contributed by atoms with van der Waals surface area (Å²) < 4.78 is 17.2. The summed E-state index contributed by atoms with van der Waals surface area (Å²) in [6.07, 6.45) is 4.73. The first-order valence-corrected chi connectivity index (χ1v) is 9.98. The summed E-state index contributed by atoms with van der Waals surface area (Å²) in [7, 11) is 1.68. The van der Waals surface area contributed by atoms with Crippen LogP contribution in [0.4, 0.5) is 5.69 Å². The highest BCUT2D eigenvalue weighted by molar-refractivity contribution is 5.58. The molecule has 0 spiro atoms. The number of benzene rings is 1. The number of anilines is 1. The normalized spacial score (nSPS) is 17.2. The molecule has 2 N–H and O–H groups in total. The molecule has 0 radical (unpaired) electrons. The second-order valence-corrected chi connectivity index (χ2v) is 7.29. The van der Waals surface area contributed by atoms with Crippen molar-refractivity contribution in [2.45, 2.75) is 52.6 Å². The first kappa shape index (κ1) is 20.8. The molecule has 1 aromatic rings. The highest BCUT2D eigenvalue weighted by atomic mass is 16.5. The third kappa shape index (κ3) is 6.06. The van der Waals surface area contributed by atoms with Gasteiger partial charge in [-0.3, -0.25) is 0 Å². The van der Waals surface area contributed by atoms with Crippen LogP contribution < -0.4 is 15.2 Å². The minimum absolute atomic E-state index is 0.201. The van der Waals surface area contributed by atoms with Crippen molar-refractivity contribution in [3.05, 3.63) is 17.7 Å². The van der Waals surface area contributed by atoms with Crippen LogP contribution in [0.3, 0.4) is 0 Å². The summed E-state index contributed by atoms with van der Waals surface area (Å²) in [6.45, 7) is 11.3. The van der Waals surface area contributed by atoms with Crippen molar-refractivity contribution < 1.29 is 14.2 Å². The Labute approximate surface area is 158 Å². The van der Waals surface area contributed by atoms with Gasteiger partial charge in [-0.2, -0.15) is 0 Å². The summed E-state index contributed by atoms with van der Waals surface area (Å²) in [4.78, 5) is 2.50. The Morgan fingerprint density at radius 3 is 2.54 bits per heavy atom. The average Bonchev–Trinajstić information content (AvgIpc) is 3.14. The molecule has 1 heterocycles. The second kappa shape index (κ2) is 10.6. The van der Waals surface area contributed by atoms with Crippen LogP contribution in [0.2, 0.25) is 0 Å². The van der Waals surface area contributed by atoms with Gasteiger partial charge in [-0.15, -0.1) is 0 Å². The maximum absolute atomic E-state index is 6.29. The van der Waals surface area contributed by atoms with Crippen LogP contribution in [0.1, 0.15) is 45.6 Å². The lowest BCUT2D eigenvalue weighted by molar-refractivity contribution is 0.0389. The summed E-state index contributed by atoms with van der Waals surface area (Å²) in [5.74, 6) is 1.88. The van der Waals surface area contributed by atoms with Crippen molar-refractivity contribution in [2.24, 2.45) is 5.92 Å². The molecule has 26 heavy (non-hydrogen) atoms. The lowest BCUT2D eigenvalue weighted by Crippen LogP contribution is -2.22. The van der Waals surface area contributed by atoms with Crippen LogP contribution in [-0.2, 0) is 11.2 Å². The predicted octanol–water partition coefficient (Wildman–Crippen LogP) is 3.75. The number of nitrogen functional groups attached to an aromatic ring is 1. The summed E-state index contributed by atoms with van der Waals surface area (Å²) in [5, 5.41) is 0. The maximum Gasteiger partial charge on any atom is 0.163 e. The molecular weight excluding hydrogens is 328 g/mol. The zero-order valence-corrected chi connectivity index (χ0v) is 16.9. The molecule has 1 aliphatic heterocycles. The van der Waals surface area contributed by atoms with Crippen LogP contribution >= 0.6 is 0 Å². The van der Waals surface area contributed by atoms with Gasteiger partial charge in [0.15, 0.2) is 11.5 Å². The molecule has 0 bridgehead atoms. The largest absolute Gasteiger partial charge is 0.493 e. The minimum Gasteiger partial charge on any atom is -0.493 e. The smallest absolute Gasteiger partial charge is 0.163 e. The lowest BCUT2D eigenvalue weighted by Gasteiger charge is -2.21. The maximum atomic E-state index is 6.29. The Hall–Kier alpha value is -1.46. The molecule has 2 rings (SSSR count). The van der Waals surface area contributed by atoms with Gasteiger partial charge in [0, 0.05) is 24.9 Å². The molecule has 1 aliphatic rings. The van der Waals surface area contributed by atoms with Crippen molar-refractivity contribution in [1.82, 2.24) is 4.90 Å². The van der Waals surface area contributed by atoms with Gasteiger partial charge in [-0.05, 0) is 70.2 Å². The molecule has 5 heteroatoms. The third-order valence-corrected chi connectivity index (χ3v) is 5.27. The molecule has 1 fully saturated rings. The van der Waals surface area contributed by atoms with Crippen molar-refractivity contribution in [1.29, 1.82) is 0 Å². The van der Waals surface area contributed by atoms with E-state index < -0.39 is 0 Å². The van der Waals surface area contributed by atoms with E-state index in [4.69, 9.17) is 19.9 Å². The zero-order chi connectivity index (χ0) is 18.9. The van der Waals surface area contributed by atoms with Crippen molar-refractivity contribution in [2.75, 3.05) is 45.7 Å². The Bertz CT molecular complexity index is 544. The molecule has 0 aromatic heterocycles. The number of hydrogen-bond acceptors (Lipinski definition) is 5. The molecule has 5 nitrogen and oxygen atoms in total. The first-order valence-electron chi connectivity index (χ1n) is 9.98. The molecule has 1 unspecified atom stereocenters. The number of rotatable bonds is 11. The molecule has 2 atom stereocenters. The van der Waals surface area contributed by atoms with Crippen molar-refractivity contribution in [3.8, 4) is 11.5 Å². The number of hydrogen-bond donors (Lipinski definition) is 1. The predicted molar refractivity (Wildman–Crippen MR) is 107 cm³/mol. The van der Waals surface area contributed by atoms with Gasteiger partial charge in [0.05, 0.1) is 19.8 Å². The molecule has 148 valence electrons. The van der Waals surface area contributed by atoms with Crippen LogP contribution in [0.25, 0.3) is 0 Å². The molecule has 1 aromatic carbocycles. The van der Waals surface area contributed by atoms with E-state index in [9.17, 15) is 0 Å². The van der Waals surface area contributed by atoms with E-state index >= 15 is 0 Å². The van der Waals surface area contributed by atoms with Gasteiger partial charge in [0.25, 0.3) is 0 Å². The van der Waals surface area contributed by atoms with Gasteiger partial charge >= 0.3 is 0 Å². The molecule has 0 aliphatic carbocycles. The van der Waals surface area contributed by atoms with Crippen molar-refractivity contribution >= 4 is 5.69 Å². The van der Waals surface area contributed by atoms with Gasteiger partial charge in [-0.25, -0.2) is 0 Å². The fourth-order valence-corrected chi connectivity index (χ4v) is 3.48. The van der Waals surface area contributed by atoms with Gasteiger partial charge < -0.3 is 24.8 Å². The van der Waals surface area contributed by atoms with Crippen molar-refractivity contribution in [3.63, 3.8) is 0 Å². The van der Waals surface area contributed by atoms with E-state index in [1.54, 1.807) is 7.11 Å². The Morgan fingerprint density at radius 2 is 1.88 bits per heavy atom. The second-order valence-electron chi connectivity index (χ2n) is 7.29. The number of nitrogens with two attached hydrogens (primary N) is 1. The topological polar surface area (TPSA) is 57.0 Å². The fraction of sp³-hybridized carbons (Fsp3) is 0.714. The number of ether oxygens (including phenoxy) is 3. The van der Waals surface area contributed by atoms with Crippen LogP contribution in [-0.4, -0.2) is 51.0 Å². The average molecular weight is 365 g/mol. The SMILES string of the molecule is CCO[C@H](C)C(C)Cc1cc(OC)c(OCCCN2CCCC2)cc1N. The summed E-state index contributed by atoms with van der Waals surface area (Å²) >= 11 is 0. The summed E-state index contributed by atoms with van der Waals surface area (Å²) in [5.41, 5.74) is 8.13. The van der Waals surface area contributed by atoms with E-state index in [-0.39, 0.29) is 6.10 Å². The Balaban J connectivity index is 1.92. The van der Waals surface area contributed by atoms with Crippen LogP contribution in [0, 0.1) is 5.92 Å². The molecule has 0 amide bonds. The van der Waals surface area contributed by atoms with Crippen LogP contribution in [0.15, 0.2) is 12.1 Å². The van der Waals surface area contributed by atoms with E-state index in [2.05, 4.69) is 18.7 Å². The van der Waals surface area contributed by atoms with E-state index in [0.717, 1.165) is 48.7 Å². The highest BCUT2D eigenvalue weighted by Crippen LogP contribution is 2.34. The number of methoxy groups -OCH3 is 1. The van der Waals surface area contributed by atoms with Gasteiger partial charge in [0.2, 0.25) is 0 Å². The first-order chi connectivity index (χ1) is 12.5. The van der Waals surface area contributed by atoms with Gasteiger partial charge in [-0.1, -0.05) is 6.92 Å². The fourth-order valence-electron chi connectivity index (χ4n) is 3.48. The molecule has 0 saturated carbocycles. The van der Waals surface area contributed by atoms with Crippen LogP contribution in [0.5, 0.6) is 11.5 Å². The zero-order valence-electron chi connectivity index (χ0n) is 16.9. The minimum atomic E-state index is 0.201. The monoisotopic (exact) mass is 364 g/mol. The van der Waals surface area contributed by atoms with E-state index in [1.807, 2.05) is 19.1 Å². The molecule has 1 saturated heterocycles. The third-order valence-electron chi connectivity index (χ3n) is 5.27. The lowest BCUT2D eigenvalue weighted by atomic mass is 9.95. The van der Waals surface area contributed by atoms with E-state index in [1.165, 1.54) is 25.9 Å². The standard InChI is InChI=1S/C21H36N2O3/c1-5-25-17(3)16(2)13-18-14-20(24-4)21(15-19(18)22)26-12-8-11-23-9-6-7-10-23/h14-17H,5-13,22H2,1-4H3/t16?,17-/m1/s1. The number of nitrogens with zero attached hydrogens (tertiary/aromatic N) is 1. The molecular formula is C21H36N2O3. The van der Waals surface area contributed by atoms with E-state index in [0.29, 0.717) is 12.5 Å². The summed E-state index contributed by atoms with van der Waals surface area (Å²) in [6, 6.07) is 3.92. The Kier molecular flexibility index (Phi) is 8.52. The number of likely N-dealkylation sites (tertiary alicyclic amines) is 1.